The van der Waals surface area contributed by atoms with E-state index in [-0.39, 0.29) is 24.2 Å². The number of hydrogen-bond donors (Lipinski definition) is 1. The number of aliphatic hydroxyl groups excluding tert-OH is 1. The fourth-order valence-corrected chi connectivity index (χ4v) is 2.27. The number of benzene rings is 1. The van der Waals surface area contributed by atoms with Crippen LogP contribution in [0.1, 0.15) is 20.8 Å². The molecule has 1 unspecified atom stereocenters. The maximum Gasteiger partial charge on any atom is 0.325 e. The maximum atomic E-state index is 12.5. The standard InChI is InChI=1S/C14H20N2O2/c1-14(2,3)15-9-12(10-17)16(13(15)18)11-7-5-4-6-8-11/h4-8,12,17H,9-10H2,1-3H3. The molecule has 1 saturated heterocycles. The molecule has 1 aliphatic heterocycles. The summed E-state index contributed by atoms with van der Waals surface area (Å²) in [6.45, 7) is 6.57. The average molecular weight is 248 g/mol. The van der Waals surface area contributed by atoms with Gasteiger partial charge in [0.15, 0.2) is 0 Å². The smallest absolute Gasteiger partial charge is 0.325 e. The zero-order valence-electron chi connectivity index (χ0n) is 11.1. The SMILES string of the molecule is CC(C)(C)N1CC(CO)N(c2ccccc2)C1=O. The minimum absolute atomic E-state index is 0.0206. The van der Waals surface area contributed by atoms with Crippen molar-refractivity contribution in [1.29, 1.82) is 0 Å². The van der Waals surface area contributed by atoms with Gasteiger partial charge in [-0.2, -0.15) is 0 Å². The fraction of sp³-hybridized carbons (Fsp3) is 0.500. The Labute approximate surface area is 108 Å². The van der Waals surface area contributed by atoms with Gasteiger partial charge >= 0.3 is 6.03 Å². The van der Waals surface area contributed by atoms with E-state index in [0.717, 1.165) is 5.69 Å². The van der Waals surface area contributed by atoms with E-state index in [1.54, 1.807) is 9.80 Å². The summed E-state index contributed by atoms with van der Waals surface area (Å²) in [6.07, 6.45) is 0. The van der Waals surface area contributed by atoms with Gasteiger partial charge in [-0.3, -0.25) is 4.90 Å². The lowest BCUT2D eigenvalue weighted by Crippen LogP contribution is -2.44. The third kappa shape index (κ3) is 2.20. The Kier molecular flexibility index (Phi) is 3.30. The van der Waals surface area contributed by atoms with Crippen LogP contribution in [0.25, 0.3) is 0 Å². The van der Waals surface area contributed by atoms with Crippen LogP contribution in [0.5, 0.6) is 0 Å². The third-order valence-corrected chi connectivity index (χ3v) is 3.25. The molecule has 1 N–H and O–H groups in total. The summed E-state index contributed by atoms with van der Waals surface area (Å²) in [7, 11) is 0. The first-order valence-electron chi connectivity index (χ1n) is 6.22. The molecule has 2 amide bonds. The van der Waals surface area contributed by atoms with Gasteiger partial charge in [-0.25, -0.2) is 4.79 Å². The quantitative estimate of drug-likeness (QED) is 0.871. The van der Waals surface area contributed by atoms with Crippen molar-refractivity contribution in [3.05, 3.63) is 30.3 Å². The number of urea groups is 1. The van der Waals surface area contributed by atoms with Gasteiger partial charge in [0.1, 0.15) is 0 Å². The van der Waals surface area contributed by atoms with E-state index in [9.17, 15) is 9.90 Å². The van der Waals surface area contributed by atoms with Crippen LogP contribution in [0.3, 0.4) is 0 Å². The maximum absolute atomic E-state index is 12.5. The molecule has 4 heteroatoms. The highest BCUT2D eigenvalue weighted by atomic mass is 16.3. The van der Waals surface area contributed by atoms with Gasteiger partial charge in [0.2, 0.25) is 0 Å². The molecule has 0 radical (unpaired) electrons. The van der Waals surface area contributed by atoms with E-state index in [1.807, 2.05) is 51.1 Å². The minimum atomic E-state index is -0.228. The van der Waals surface area contributed by atoms with E-state index >= 15 is 0 Å². The van der Waals surface area contributed by atoms with E-state index in [2.05, 4.69) is 0 Å². The van der Waals surface area contributed by atoms with E-state index in [0.29, 0.717) is 6.54 Å². The molecule has 2 rings (SSSR count). The van der Waals surface area contributed by atoms with E-state index in [4.69, 9.17) is 0 Å². The molecule has 1 fully saturated rings. The lowest BCUT2D eigenvalue weighted by Gasteiger charge is -2.31. The molecule has 1 aromatic carbocycles. The highest BCUT2D eigenvalue weighted by Gasteiger charge is 2.42. The van der Waals surface area contributed by atoms with Crippen LogP contribution in [0.4, 0.5) is 10.5 Å². The molecule has 1 aliphatic rings. The van der Waals surface area contributed by atoms with Gasteiger partial charge in [0, 0.05) is 17.8 Å². The second-order valence-electron chi connectivity index (χ2n) is 5.61. The molecule has 0 bridgehead atoms. The number of carbonyl (C=O) groups is 1. The van der Waals surface area contributed by atoms with Gasteiger partial charge < -0.3 is 10.0 Å². The Balaban J connectivity index is 2.33. The Hall–Kier alpha value is -1.55. The Morgan fingerprint density at radius 3 is 2.39 bits per heavy atom. The van der Waals surface area contributed by atoms with Crippen molar-refractivity contribution in [3.8, 4) is 0 Å². The normalized spacial score (nSPS) is 20.7. The third-order valence-electron chi connectivity index (χ3n) is 3.25. The largest absolute Gasteiger partial charge is 0.394 e. The summed E-state index contributed by atoms with van der Waals surface area (Å²) in [4.78, 5) is 16.0. The van der Waals surface area contributed by atoms with Crippen molar-refractivity contribution in [2.75, 3.05) is 18.1 Å². The van der Waals surface area contributed by atoms with Crippen LogP contribution in [-0.2, 0) is 0 Å². The van der Waals surface area contributed by atoms with Crippen LogP contribution >= 0.6 is 0 Å². The van der Waals surface area contributed by atoms with Gasteiger partial charge in [-0.15, -0.1) is 0 Å². The second kappa shape index (κ2) is 4.61. The first-order valence-corrected chi connectivity index (χ1v) is 6.22. The number of rotatable bonds is 2. The zero-order chi connectivity index (χ0) is 13.3. The van der Waals surface area contributed by atoms with Crippen molar-refractivity contribution in [1.82, 2.24) is 4.90 Å². The molecule has 1 heterocycles. The molecular formula is C14H20N2O2. The number of amides is 2. The average Bonchev–Trinajstić information content (AvgIpc) is 2.67. The fourth-order valence-electron chi connectivity index (χ4n) is 2.27. The van der Waals surface area contributed by atoms with E-state index in [1.165, 1.54) is 0 Å². The van der Waals surface area contributed by atoms with Gasteiger partial charge in [0.25, 0.3) is 0 Å². The molecule has 1 atom stereocenters. The molecule has 18 heavy (non-hydrogen) atoms. The lowest BCUT2D eigenvalue weighted by molar-refractivity contribution is 0.167. The van der Waals surface area contributed by atoms with Crippen LogP contribution in [0, 0.1) is 0 Å². The van der Waals surface area contributed by atoms with Crippen LogP contribution in [0.15, 0.2) is 30.3 Å². The van der Waals surface area contributed by atoms with Gasteiger partial charge in [0.05, 0.1) is 12.6 Å². The highest BCUT2D eigenvalue weighted by Crippen LogP contribution is 2.29. The Morgan fingerprint density at radius 2 is 1.89 bits per heavy atom. The lowest BCUT2D eigenvalue weighted by atomic mass is 10.1. The van der Waals surface area contributed by atoms with Gasteiger partial charge in [-0.1, -0.05) is 18.2 Å². The molecule has 98 valence electrons. The molecule has 0 aromatic heterocycles. The predicted octanol–water partition coefficient (Wildman–Crippen LogP) is 2.09. The number of nitrogens with zero attached hydrogens (tertiary/aromatic N) is 2. The van der Waals surface area contributed by atoms with Crippen LogP contribution < -0.4 is 4.90 Å². The van der Waals surface area contributed by atoms with Gasteiger partial charge in [-0.05, 0) is 32.9 Å². The number of aliphatic hydroxyl groups is 1. The summed E-state index contributed by atoms with van der Waals surface area (Å²) in [5.74, 6) is 0. The van der Waals surface area contributed by atoms with E-state index < -0.39 is 0 Å². The monoisotopic (exact) mass is 248 g/mol. The molecule has 0 aliphatic carbocycles. The van der Waals surface area contributed by atoms with Crippen molar-refractivity contribution < 1.29 is 9.90 Å². The summed E-state index contributed by atoms with van der Waals surface area (Å²) in [5.41, 5.74) is 0.613. The second-order valence-corrected chi connectivity index (χ2v) is 5.61. The highest BCUT2D eigenvalue weighted by molar-refractivity contribution is 5.95. The Morgan fingerprint density at radius 1 is 1.28 bits per heavy atom. The van der Waals surface area contributed by atoms with Crippen molar-refractivity contribution in [3.63, 3.8) is 0 Å². The molecule has 0 spiro atoms. The van der Waals surface area contributed by atoms with Crippen molar-refractivity contribution in [2.45, 2.75) is 32.4 Å². The summed E-state index contributed by atoms with van der Waals surface area (Å²) < 4.78 is 0. The summed E-state index contributed by atoms with van der Waals surface area (Å²) >= 11 is 0. The molecule has 0 saturated carbocycles. The first kappa shape index (κ1) is 12.9. The molecular weight excluding hydrogens is 228 g/mol. The number of anilines is 1. The number of hydrogen-bond acceptors (Lipinski definition) is 2. The predicted molar refractivity (Wildman–Crippen MR) is 71.6 cm³/mol. The summed E-state index contributed by atoms with van der Waals surface area (Å²) in [5, 5.41) is 9.48. The number of carbonyl (C=O) groups excluding carboxylic acids is 1. The van der Waals surface area contributed by atoms with Crippen molar-refractivity contribution >= 4 is 11.7 Å². The topological polar surface area (TPSA) is 43.8 Å². The van der Waals surface area contributed by atoms with Crippen LogP contribution in [-0.4, -0.2) is 40.8 Å². The molecule has 1 aromatic rings. The minimum Gasteiger partial charge on any atom is -0.394 e. The number of para-hydroxylation sites is 1. The first-order chi connectivity index (χ1) is 8.45. The van der Waals surface area contributed by atoms with Crippen molar-refractivity contribution in [2.24, 2.45) is 0 Å². The zero-order valence-corrected chi connectivity index (χ0v) is 11.1. The van der Waals surface area contributed by atoms with Crippen LogP contribution in [0.2, 0.25) is 0 Å². The molecule has 4 nitrogen and oxygen atoms in total. The Bertz CT molecular complexity index is 425. The summed E-state index contributed by atoms with van der Waals surface area (Å²) in [6, 6.07) is 9.30.